The molecule has 0 atom stereocenters. The zero-order valence-corrected chi connectivity index (χ0v) is 14.4. The van der Waals surface area contributed by atoms with Crippen LogP contribution in [0, 0.1) is 18.3 Å². The third-order valence-electron chi connectivity index (χ3n) is 4.03. The van der Waals surface area contributed by atoms with Gasteiger partial charge in [0, 0.05) is 10.6 Å². The van der Waals surface area contributed by atoms with Crippen LogP contribution in [0.5, 0.6) is 5.88 Å². The Labute approximate surface area is 153 Å². The van der Waals surface area contributed by atoms with E-state index in [9.17, 15) is 20.0 Å². The van der Waals surface area contributed by atoms with Gasteiger partial charge in [-0.2, -0.15) is 5.26 Å². The molecule has 3 aromatic rings. The number of nitriles is 1. The summed E-state index contributed by atoms with van der Waals surface area (Å²) >= 11 is 5.84. The maximum Gasteiger partial charge on any atom is 0.271 e. The third-order valence-corrected chi connectivity index (χ3v) is 4.28. The van der Waals surface area contributed by atoms with Gasteiger partial charge in [-0.05, 0) is 48.9 Å². The molecule has 2 aromatic heterocycles. The van der Waals surface area contributed by atoms with Gasteiger partial charge in [-0.25, -0.2) is 0 Å². The van der Waals surface area contributed by atoms with Gasteiger partial charge in [-0.3, -0.25) is 14.2 Å². The molecule has 3 rings (SSSR count). The average Bonchev–Trinajstić information content (AvgIpc) is 3.13. The van der Waals surface area contributed by atoms with Gasteiger partial charge in [0.15, 0.2) is 5.78 Å². The first-order valence-electron chi connectivity index (χ1n) is 7.63. The lowest BCUT2D eigenvalue weighted by molar-refractivity contribution is 0.103. The van der Waals surface area contributed by atoms with E-state index in [0.717, 1.165) is 4.57 Å². The lowest BCUT2D eigenvalue weighted by Gasteiger charge is -2.15. The molecule has 130 valence electrons. The molecular formula is C19H13ClN2O4. The molecule has 6 nitrogen and oxygen atoms in total. The van der Waals surface area contributed by atoms with E-state index in [2.05, 4.69) is 0 Å². The van der Waals surface area contributed by atoms with E-state index in [1.54, 1.807) is 24.3 Å². The Kier molecular flexibility index (Phi) is 4.65. The summed E-state index contributed by atoms with van der Waals surface area (Å²) < 4.78 is 6.15. The molecule has 0 amide bonds. The summed E-state index contributed by atoms with van der Waals surface area (Å²) in [4.78, 5) is 25.4. The van der Waals surface area contributed by atoms with Gasteiger partial charge < -0.3 is 9.52 Å². The van der Waals surface area contributed by atoms with Crippen LogP contribution in [0.2, 0.25) is 5.02 Å². The molecule has 0 aliphatic rings. The number of aromatic hydroxyl groups is 1. The lowest BCUT2D eigenvalue weighted by atomic mass is 9.97. The van der Waals surface area contributed by atoms with Crippen molar-refractivity contribution in [2.24, 2.45) is 0 Å². The smallest absolute Gasteiger partial charge is 0.271 e. The van der Waals surface area contributed by atoms with Gasteiger partial charge in [0.25, 0.3) is 5.56 Å². The highest BCUT2D eigenvalue weighted by Gasteiger charge is 2.25. The highest BCUT2D eigenvalue weighted by molar-refractivity contribution is 6.30. The predicted octanol–water partition coefficient (Wildman–Crippen LogP) is 3.26. The molecule has 1 N–H and O–H groups in total. The molecule has 0 aliphatic heterocycles. The minimum Gasteiger partial charge on any atom is -0.494 e. The van der Waals surface area contributed by atoms with Crippen molar-refractivity contribution in [2.75, 3.05) is 0 Å². The van der Waals surface area contributed by atoms with Crippen molar-refractivity contribution in [2.45, 2.75) is 13.5 Å². The topological polar surface area (TPSA) is 96.2 Å². The molecule has 0 unspecified atom stereocenters. The highest BCUT2D eigenvalue weighted by Crippen LogP contribution is 2.26. The quantitative estimate of drug-likeness (QED) is 0.713. The van der Waals surface area contributed by atoms with Crippen molar-refractivity contribution in [3.05, 3.63) is 86.1 Å². The second-order valence-corrected chi connectivity index (χ2v) is 6.05. The van der Waals surface area contributed by atoms with Crippen molar-refractivity contribution < 1.29 is 14.3 Å². The largest absolute Gasteiger partial charge is 0.494 e. The molecule has 0 bridgehead atoms. The minimum atomic E-state index is -0.688. The van der Waals surface area contributed by atoms with Crippen molar-refractivity contribution >= 4 is 17.4 Å². The number of benzene rings is 1. The second kappa shape index (κ2) is 6.90. The standard InChI is InChI=1S/C19H13ClN2O4/c1-11-15(9-21)18(24)22(10-14-3-2-8-26-14)19(25)16(11)17(23)12-4-6-13(20)7-5-12/h2-8,25H,10H2,1H3. The molecule has 0 fully saturated rings. The van der Waals surface area contributed by atoms with Gasteiger partial charge >= 0.3 is 0 Å². The van der Waals surface area contributed by atoms with Crippen LogP contribution >= 0.6 is 11.6 Å². The van der Waals surface area contributed by atoms with Crippen molar-refractivity contribution in [3.63, 3.8) is 0 Å². The lowest BCUT2D eigenvalue weighted by Crippen LogP contribution is -2.27. The summed E-state index contributed by atoms with van der Waals surface area (Å²) in [5, 5.41) is 20.4. The first kappa shape index (κ1) is 17.5. The maximum atomic E-state index is 12.9. The van der Waals surface area contributed by atoms with E-state index in [1.807, 2.05) is 6.07 Å². The fourth-order valence-electron chi connectivity index (χ4n) is 2.67. The normalized spacial score (nSPS) is 10.5. The Hall–Kier alpha value is -3.30. The maximum absolute atomic E-state index is 12.9. The van der Waals surface area contributed by atoms with Gasteiger partial charge in [0.05, 0.1) is 18.4 Å². The summed E-state index contributed by atoms with van der Waals surface area (Å²) in [6.45, 7) is 1.35. The first-order valence-corrected chi connectivity index (χ1v) is 8.01. The van der Waals surface area contributed by atoms with Crippen molar-refractivity contribution in [1.82, 2.24) is 4.57 Å². The number of halogens is 1. The van der Waals surface area contributed by atoms with E-state index in [4.69, 9.17) is 16.0 Å². The molecule has 0 saturated heterocycles. The van der Waals surface area contributed by atoms with E-state index in [0.29, 0.717) is 10.8 Å². The SMILES string of the molecule is Cc1c(C(=O)c2ccc(Cl)cc2)c(O)n(Cc2ccco2)c(=O)c1C#N. The first-order chi connectivity index (χ1) is 12.4. The van der Waals surface area contributed by atoms with Crippen LogP contribution in [-0.2, 0) is 6.54 Å². The Morgan fingerprint density at radius 1 is 1.31 bits per heavy atom. The number of pyridine rings is 1. The summed E-state index contributed by atoms with van der Waals surface area (Å²) in [6, 6.07) is 11.2. The highest BCUT2D eigenvalue weighted by atomic mass is 35.5. The molecule has 2 heterocycles. The van der Waals surface area contributed by atoms with E-state index < -0.39 is 17.2 Å². The number of carbonyl (C=O) groups is 1. The zero-order chi connectivity index (χ0) is 18.8. The Balaban J connectivity index is 2.21. The van der Waals surface area contributed by atoms with E-state index in [-0.39, 0.29) is 28.8 Å². The summed E-state index contributed by atoms with van der Waals surface area (Å²) in [5.74, 6) is -0.621. The Bertz CT molecular complexity index is 1070. The molecule has 1 aromatic carbocycles. The zero-order valence-electron chi connectivity index (χ0n) is 13.7. The van der Waals surface area contributed by atoms with Crippen LogP contribution < -0.4 is 5.56 Å². The molecule has 26 heavy (non-hydrogen) atoms. The number of aromatic nitrogens is 1. The van der Waals surface area contributed by atoms with Gasteiger partial charge in [-0.1, -0.05) is 11.6 Å². The second-order valence-electron chi connectivity index (χ2n) is 5.62. The van der Waals surface area contributed by atoms with Crippen LogP contribution in [0.3, 0.4) is 0 Å². The summed E-state index contributed by atoms with van der Waals surface area (Å²) in [5.41, 5.74) is -0.584. The van der Waals surface area contributed by atoms with E-state index >= 15 is 0 Å². The number of ketones is 1. The van der Waals surface area contributed by atoms with Crippen LogP contribution in [0.4, 0.5) is 0 Å². The molecule has 0 aliphatic carbocycles. The fourth-order valence-corrected chi connectivity index (χ4v) is 2.80. The van der Waals surface area contributed by atoms with E-state index in [1.165, 1.54) is 25.3 Å². The predicted molar refractivity (Wildman–Crippen MR) is 94.5 cm³/mol. The van der Waals surface area contributed by atoms with Crippen molar-refractivity contribution in [1.29, 1.82) is 5.26 Å². The molecular weight excluding hydrogens is 356 g/mol. The van der Waals surface area contributed by atoms with Gasteiger partial charge in [-0.15, -0.1) is 0 Å². The van der Waals surface area contributed by atoms with Crippen LogP contribution in [-0.4, -0.2) is 15.5 Å². The summed E-state index contributed by atoms with van der Waals surface area (Å²) in [7, 11) is 0. The van der Waals surface area contributed by atoms with Gasteiger partial charge in [0.1, 0.15) is 17.4 Å². The van der Waals surface area contributed by atoms with Crippen LogP contribution in [0.25, 0.3) is 0 Å². The van der Waals surface area contributed by atoms with Crippen LogP contribution in [0.15, 0.2) is 51.9 Å². The Morgan fingerprint density at radius 2 is 2.00 bits per heavy atom. The molecule has 7 heteroatoms. The number of furan rings is 1. The Morgan fingerprint density at radius 3 is 2.58 bits per heavy atom. The number of hydrogen-bond donors (Lipinski definition) is 1. The monoisotopic (exact) mass is 368 g/mol. The number of hydrogen-bond acceptors (Lipinski definition) is 5. The van der Waals surface area contributed by atoms with Crippen LogP contribution in [0.1, 0.15) is 32.8 Å². The number of nitrogens with zero attached hydrogens (tertiary/aromatic N) is 2. The molecule has 0 radical (unpaired) electrons. The summed E-state index contributed by atoms with van der Waals surface area (Å²) in [6.07, 6.45) is 1.43. The van der Waals surface area contributed by atoms with Crippen molar-refractivity contribution in [3.8, 4) is 11.9 Å². The minimum absolute atomic E-state index is 0.102. The fraction of sp³-hybridized carbons (Fsp3) is 0.105. The molecule has 0 spiro atoms. The third kappa shape index (κ3) is 3.01. The number of carbonyl (C=O) groups excluding carboxylic acids is 1. The van der Waals surface area contributed by atoms with Gasteiger partial charge in [0.2, 0.25) is 5.88 Å². The molecule has 0 saturated carbocycles. The average molecular weight is 369 g/mol. The number of rotatable bonds is 4.